The molecule has 0 bridgehead atoms. The van der Waals surface area contributed by atoms with Gasteiger partial charge >= 0.3 is 0 Å². The largest absolute Gasteiger partial charge is 0.440 e. The van der Waals surface area contributed by atoms with Gasteiger partial charge in [0, 0.05) is 13.1 Å². The monoisotopic (exact) mass is 341 g/mol. The summed E-state index contributed by atoms with van der Waals surface area (Å²) in [5.74, 6) is 2.44. The summed E-state index contributed by atoms with van der Waals surface area (Å²) in [5.41, 5.74) is 6.77. The van der Waals surface area contributed by atoms with Gasteiger partial charge in [0.25, 0.3) is 0 Å². The molecular weight excluding hydrogens is 318 g/mol. The fraction of sp³-hybridized carbons (Fsp3) is 0.562. The van der Waals surface area contributed by atoms with E-state index in [2.05, 4.69) is 16.3 Å². The van der Waals surface area contributed by atoms with Crippen LogP contribution < -0.4 is 5.73 Å². The molecule has 2 aromatic heterocycles. The van der Waals surface area contributed by atoms with Gasteiger partial charge in [0.05, 0.1) is 10.6 Å². The molecule has 2 N–H and O–H groups in total. The highest BCUT2D eigenvalue weighted by Gasteiger charge is 2.21. The van der Waals surface area contributed by atoms with Gasteiger partial charge in [-0.05, 0) is 56.6 Å². The van der Waals surface area contributed by atoms with Gasteiger partial charge in [0.15, 0.2) is 0 Å². The molecule has 4 nitrogen and oxygen atoms in total. The summed E-state index contributed by atoms with van der Waals surface area (Å²) in [6, 6.07) is 4.08. The number of likely N-dealkylation sites (tertiary alicyclic amines) is 1. The smallest absolute Gasteiger partial charge is 0.236 e. The summed E-state index contributed by atoms with van der Waals surface area (Å²) in [4.78, 5) is 8.29. The summed E-state index contributed by atoms with van der Waals surface area (Å²) in [5, 5.41) is 2.05. The molecule has 0 aromatic carbocycles. The lowest BCUT2D eigenvalue weighted by atomic mass is 9.95. The molecule has 1 aliphatic heterocycles. The van der Waals surface area contributed by atoms with Gasteiger partial charge in [0.2, 0.25) is 5.89 Å². The van der Waals surface area contributed by atoms with Gasteiger partial charge in [-0.15, -0.1) is 23.7 Å². The number of rotatable bonds is 5. The Kier molecular flexibility index (Phi) is 6.44. The Balaban J connectivity index is 0.00000176. The summed E-state index contributed by atoms with van der Waals surface area (Å²) in [7, 11) is 0. The second-order valence-electron chi connectivity index (χ2n) is 5.82. The van der Waals surface area contributed by atoms with E-state index in [4.69, 9.17) is 15.1 Å². The first kappa shape index (κ1) is 17.5. The molecule has 3 heterocycles. The standard InChI is InChI=1S/C16H23N3OS.ClH/c1-12-14(18-16(20-12)15-5-3-9-21-15)11-19-8-2-4-13(10-19)6-7-17;/h3,5,9,13H,2,4,6-8,10-11,17H2,1H3;1H. The number of hydrogen-bond acceptors (Lipinski definition) is 5. The zero-order valence-electron chi connectivity index (χ0n) is 13.0. The number of thiophene rings is 1. The number of aromatic nitrogens is 1. The van der Waals surface area contributed by atoms with Crippen molar-refractivity contribution in [3.05, 3.63) is 29.0 Å². The summed E-state index contributed by atoms with van der Waals surface area (Å²) < 4.78 is 5.83. The van der Waals surface area contributed by atoms with E-state index in [1.165, 1.54) is 12.8 Å². The number of nitrogens with zero attached hydrogens (tertiary/aromatic N) is 2. The molecule has 0 spiro atoms. The highest BCUT2D eigenvalue weighted by atomic mass is 35.5. The molecule has 1 unspecified atom stereocenters. The van der Waals surface area contributed by atoms with E-state index in [0.717, 1.165) is 60.7 Å². The Morgan fingerprint density at radius 2 is 2.36 bits per heavy atom. The molecule has 22 heavy (non-hydrogen) atoms. The third-order valence-electron chi connectivity index (χ3n) is 4.18. The van der Waals surface area contributed by atoms with Crippen molar-refractivity contribution in [3.8, 4) is 10.8 Å². The first-order valence-electron chi connectivity index (χ1n) is 7.69. The molecule has 0 amide bonds. The molecule has 122 valence electrons. The molecule has 3 rings (SSSR count). The third kappa shape index (κ3) is 4.10. The van der Waals surface area contributed by atoms with Crippen molar-refractivity contribution < 1.29 is 4.42 Å². The minimum atomic E-state index is 0. The van der Waals surface area contributed by atoms with Crippen LogP contribution in [0.3, 0.4) is 0 Å². The number of halogens is 1. The van der Waals surface area contributed by atoms with Crippen molar-refractivity contribution in [1.82, 2.24) is 9.88 Å². The molecule has 2 aromatic rings. The number of hydrogen-bond donors (Lipinski definition) is 1. The average Bonchev–Trinajstić information content (AvgIpc) is 3.10. The first-order valence-corrected chi connectivity index (χ1v) is 8.57. The predicted molar refractivity (Wildman–Crippen MR) is 93.5 cm³/mol. The van der Waals surface area contributed by atoms with E-state index in [0.29, 0.717) is 0 Å². The van der Waals surface area contributed by atoms with E-state index < -0.39 is 0 Å². The van der Waals surface area contributed by atoms with Gasteiger partial charge in [-0.2, -0.15) is 0 Å². The number of aryl methyl sites for hydroxylation is 1. The summed E-state index contributed by atoms with van der Waals surface area (Å²) in [6.45, 7) is 5.99. The van der Waals surface area contributed by atoms with Crippen LogP contribution in [0.4, 0.5) is 0 Å². The minimum Gasteiger partial charge on any atom is -0.440 e. The number of nitrogens with two attached hydrogens (primary N) is 1. The molecule has 1 atom stereocenters. The van der Waals surface area contributed by atoms with Crippen LogP contribution in [0.2, 0.25) is 0 Å². The molecular formula is C16H24ClN3OS. The topological polar surface area (TPSA) is 55.3 Å². The van der Waals surface area contributed by atoms with E-state index in [1.807, 2.05) is 13.0 Å². The van der Waals surface area contributed by atoms with Crippen molar-refractivity contribution in [2.24, 2.45) is 11.7 Å². The molecule has 1 aliphatic rings. The van der Waals surface area contributed by atoms with Gasteiger partial charge in [-0.3, -0.25) is 4.90 Å². The zero-order valence-corrected chi connectivity index (χ0v) is 14.6. The highest BCUT2D eigenvalue weighted by molar-refractivity contribution is 7.13. The van der Waals surface area contributed by atoms with Crippen molar-refractivity contribution in [1.29, 1.82) is 0 Å². The minimum absolute atomic E-state index is 0. The van der Waals surface area contributed by atoms with Gasteiger partial charge < -0.3 is 10.2 Å². The van der Waals surface area contributed by atoms with Crippen molar-refractivity contribution in [2.75, 3.05) is 19.6 Å². The predicted octanol–water partition coefficient (Wildman–Crippen LogP) is 3.69. The van der Waals surface area contributed by atoms with E-state index in [-0.39, 0.29) is 12.4 Å². The molecule has 6 heteroatoms. The lowest BCUT2D eigenvalue weighted by Gasteiger charge is -2.32. The van der Waals surface area contributed by atoms with Crippen molar-refractivity contribution in [3.63, 3.8) is 0 Å². The Morgan fingerprint density at radius 1 is 1.50 bits per heavy atom. The van der Waals surface area contributed by atoms with Gasteiger partial charge in [0.1, 0.15) is 5.76 Å². The SMILES string of the molecule is Cc1oc(-c2cccs2)nc1CN1CCCC(CCN)C1.Cl. The molecule has 1 fully saturated rings. The van der Waals surface area contributed by atoms with Gasteiger partial charge in [-0.25, -0.2) is 4.98 Å². The molecule has 1 saturated heterocycles. The van der Waals surface area contributed by atoms with Crippen LogP contribution in [-0.2, 0) is 6.54 Å². The van der Waals surface area contributed by atoms with Crippen LogP contribution in [0.15, 0.2) is 21.9 Å². The number of oxazole rings is 1. The summed E-state index contributed by atoms with van der Waals surface area (Å²) >= 11 is 1.67. The Hall–Kier alpha value is -0.880. The van der Waals surface area contributed by atoms with E-state index in [1.54, 1.807) is 11.3 Å². The fourth-order valence-corrected chi connectivity index (χ4v) is 3.71. The Labute approximate surface area is 142 Å². The molecule has 0 aliphatic carbocycles. The maximum Gasteiger partial charge on any atom is 0.236 e. The number of piperidine rings is 1. The lowest BCUT2D eigenvalue weighted by Crippen LogP contribution is -2.35. The Bertz CT molecular complexity index is 568. The quantitative estimate of drug-likeness (QED) is 0.901. The van der Waals surface area contributed by atoms with Crippen LogP contribution in [0.25, 0.3) is 10.8 Å². The molecule has 0 saturated carbocycles. The third-order valence-corrected chi connectivity index (χ3v) is 5.03. The highest BCUT2D eigenvalue weighted by Crippen LogP contribution is 2.27. The maximum atomic E-state index is 5.83. The second kappa shape index (κ2) is 8.11. The second-order valence-corrected chi connectivity index (χ2v) is 6.77. The summed E-state index contributed by atoms with van der Waals surface area (Å²) in [6.07, 6.45) is 3.71. The van der Waals surface area contributed by atoms with E-state index in [9.17, 15) is 0 Å². The Morgan fingerprint density at radius 3 is 3.09 bits per heavy atom. The van der Waals surface area contributed by atoms with Crippen LogP contribution in [-0.4, -0.2) is 29.5 Å². The van der Waals surface area contributed by atoms with Gasteiger partial charge in [-0.1, -0.05) is 6.07 Å². The normalized spacial score (nSPS) is 19.1. The van der Waals surface area contributed by atoms with Crippen LogP contribution >= 0.6 is 23.7 Å². The first-order chi connectivity index (χ1) is 10.3. The fourth-order valence-electron chi connectivity index (χ4n) is 3.06. The van der Waals surface area contributed by atoms with E-state index >= 15 is 0 Å². The average molecular weight is 342 g/mol. The maximum absolute atomic E-state index is 5.83. The van der Waals surface area contributed by atoms with Crippen molar-refractivity contribution in [2.45, 2.75) is 32.7 Å². The van der Waals surface area contributed by atoms with Crippen molar-refractivity contribution >= 4 is 23.7 Å². The lowest BCUT2D eigenvalue weighted by molar-refractivity contribution is 0.161. The van der Waals surface area contributed by atoms with Crippen LogP contribution in [0.5, 0.6) is 0 Å². The zero-order chi connectivity index (χ0) is 14.7. The molecule has 0 radical (unpaired) electrons. The van der Waals surface area contributed by atoms with Crippen LogP contribution in [0, 0.1) is 12.8 Å². The van der Waals surface area contributed by atoms with Crippen LogP contribution in [0.1, 0.15) is 30.7 Å².